The van der Waals surface area contributed by atoms with Crippen LogP contribution in [0.1, 0.15) is 12.8 Å². The van der Waals surface area contributed by atoms with E-state index in [0.29, 0.717) is 12.6 Å². The van der Waals surface area contributed by atoms with E-state index in [2.05, 4.69) is 10.4 Å². The number of nitrogens with zero attached hydrogens (tertiary/aromatic N) is 2. The van der Waals surface area contributed by atoms with E-state index in [1.807, 2.05) is 17.5 Å². The molecule has 0 bridgehead atoms. The first kappa shape index (κ1) is 14.2. The highest BCUT2D eigenvalue weighted by Crippen LogP contribution is 2.21. The van der Waals surface area contributed by atoms with Crippen LogP contribution in [0.5, 0.6) is 0 Å². The lowest BCUT2D eigenvalue weighted by Crippen LogP contribution is -2.33. The number of rotatable bonds is 3. The molecule has 0 radical (unpaired) electrons. The molecular formula is C13H16ClN3OS. The summed E-state index contributed by atoms with van der Waals surface area (Å²) < 4.78 is 1.58. The van der Waals surface area contributed by atoms with E-state index in [9.17, 15) is 4.79 Å². The molecule has 0 unspecified atom stereocenters. The average molecular weight is 298 g/mol. The Bertz CT molecular complexity index is 576. The van der Waals surface area contributed by atoms with Crippen molar-refractivity contribution in [1.29, 1.82) is 0 Å². The minimum Gasteiger partial charge on any atom is -0.312 e. The third-order valence-electron chi connectivity index (χ3n) is 3.20. The molecule has 1 fully saturated rings. The van der Waals surface area contributed by atoms with E-state index in [1.165, 1.54) is 6.42 Å². The Morgan fingerprint density at radius 1 is 1.42 bits per heavy atom. The predicted molar refractivity (Wildman–Crippen MR) is 80.1 cm³/mol. The van der Waals surface area contributed by atoms with Gasteiger partial charge in [0.15, 0.2) is 0 Å². The smallest absolute Gasteiger partial charge is 0.266 e. The molecule has 3 heterocycles. The fourth-order valence-electron chi connectivity index (χ4n) is 2.26. The quantitative estimate of drug-likeness (QED) is 0.944. The largest absolute Gasteiger partial charge is 0.312 e. The van der Waals surface area contributed by atoms with Gasteiger partial charge in [0.25, 0.3) is 5.56 Å². The van der Waals surface area contributed by atoms with Crippen LogP contribution >= 0.6 is 23.7 Å². The lowest BCUT2D eigenvalue weighted by atomic mass is 10.2. The zero-order chi connectivity index (χ0) is 12.4. The second kappa shape index (κ2) is 6.32. The molecule has 19 heavy (non-hydrogen) atoms. The van der Waals surface area contributed by atoms with Crippen molar-refractivity contribution >= 4 is 23.7 Å². The van der Waals surface area contributed by atoms with Crippen LogP contribution in [-0.4, -0.2) is 22.4 Å². The number of aromatic nitrogens is 2. The molecule has 102 valence electrons. The van der Waals surface area contributed by atoms with Crippen molar-refractivity contribution < 1.29 is 0 Å². The normalized spacial score (nSPS) is 18.2. The maximum Gasteiger partial charge on any atom is 0.266 e. The van der Waals surface area contributed by atoms with Crippen molar-refractivity contribution in [3.63, 3.8) is 0 Å². The van der Waals surface area contributed by atoms with Crippen molar-refractivity contribution in [2.24, 2.45) is 0 Å². The summed E-state index contributed by atoms with van der Waals surface area (Å²) in [4.78, 5) is 12.9. The van der Waals surface area contributed by atoms with Gasteiger partial charge in [0.2, 0.25) is 0 Å². The number of hydrogen-bond donors (Lipinski definition) is 1. The van der Waals surface area contributed by atoms with Crippen LogP contribution < -0.4 is 10.9 Å². The van der Waals surface area contributed by atoms with Gasteiger partial charge in [-0.2, -0.15) is 5.10 Å². The first-order chi connectivity index (χ1) is 8.83. The number of halogens is 1. The molecule has 4 nitrogen and oxygen atoms in total. The maximum atomic E-state index is 11.8. The lowest BCUT2D eigenvalue weighted by molar-refractivity contribution is 0.461. The summed E-state index contributed by atoms with van der Waals surface area (Å²) in [6.07, 6.45) is 2.31. The summed E-state index contributed by atoms with van der Waals surface area (Å²) >= 11 is 1.64. The summed E-state index contributed by atoms with van der Waals surface area (Å²) in [5.41, 5.74) is 0.853. The van der Waals surface area contributed by atoms with Gasteiger partial charge in [0.1, 0.15) is 5.69 Å². The van der Waals surface area contributed by atoms with Crippen LogP contribution in [0.4, 0.5) is 0 Å². The first-order valence-corrected chi connectivity index (χ1v) is 7.06. The summed E-state index contributed by atoms with van der Waals surface area (Å²) in [5.74, 6) is 0. The van der Waals surface area contributed by atoms with Crippen molar-refractivity contribution in [2.75, 3.05) is 6.54 Å². The van der Waals surface area contributed by atoms with Crippen LogP contribution in [0.25, 0.3) is 10.6 Å². The summed E-state index contributed by atoms with van der Waals surface area (Å²) in [6.45, 7) is 1.71. The molecule has 0 saturated carbocycles. The second-order valence-corrected chi connectivity index (χ2v) is 5.46. The standard InChI is InChI=1S/C13H15N3OS.ClH/c17-13-6-5-11(12-4-2-8-18-12)15-16(13)9-10-3-1-7-14-10;/h2,4-6,8,10,14H,1,3,7,9H2;1H/t10-;/m0./s1. The van der Waals surface area contributed by atoms with Crippen LogP contribution in [0.3, 0.4) is 0 Å². The van der Waals surface area contributed by atoms with Crippen molar-refractivity contribution in [2.45, 2.75) is 25.4 Å². The molecule has 0 spiro atoms. The fourth-order valence-corrected chi connectivity index (χ4v) is 2.95. The number of nitrogens with one attached hydrogen (secondary N) is 1. The minimum absolute atomic E-state index is 0. The van der Waals surface area contributed by atoms with Gasteiger partial charge < -0.3 is 5.32 Å². The van der Waals surface area contributed by atoms with Gasteiger partial charge in [-0.1, -0.05) is 6.07 Å². The number of hydrogen-bond acceptors (Lipinski definition) is 4. The fraction of sp³-hybridized carbons (Fsp3) is 0.385. The van der Waals surface area contributed by atoms with Crippen LogP contribution in [0.2, 0.25) is 0 Å². The Balaban J connectivity index is 0.00000133. The van der Waals surface area contributed by atoms with Crippen molar-refractivity contribution in [3.8, 4) is 10.6 Å². The highest BCUT2D eigenvalue weighted by Gasteiger charge is 2.15. The van der Waals surface area contributed by atoms with E-state index in [1.54, 1.807) is 28.2 Å². The summed E-state index contributed by atoms with van der Waals surface area (Å²) in [5, 5.41) is 9.86. The number of thiophene rings is 1. The van der Waals surface area contributed by atoms with Gasteiger partial charge in [-0.25, -0.2) is 4.68 Å². The van der Waals surface area contributed by atoms with E-state index < -0.39 is 0 Å². The third kappa shape index (κ3) is 3.23. The molecule has 1 aliphatic rings. The molecule has 1 saturated heterocycles. The molecule has 0 aliphatic carbocycles. The highest BCUT2D eigenvalue weighted by atomic mass is 35.5. The molecule has 2 aromatic heterocycles. The SMILES string of the molecule is Cl.O=c1ccc(-c2cccs2)nn1C[C@@H]1CCCN1. The van der Waals surface area contributed by atoms with Gasteiger partial charge in [0, 0.05) is 12.1 Å². The molecule has 1 N–H and O–H groups in total. The van der Waals surface area contributed by atoms with E-state index in [-0.39, 0.29) is 18.0 Å². The summed E-state index contributed by atoms with van der Waals surface area (Å²) in [6, 6.07) is 7.81. The van der Waals surface area contributed by atoms with Gasteiger partial charge in [0.05, 0.1) is 11.4 Å². The Morgan fingerprint density at radius 3 is 3.00 bits per heavy atom. The van der Waals surface area contributed by atoms with Crippen LogP contribution in [0, 0.1) is 0 Å². The van der Waals surface area contributed by atoms with E-state index in [4.69, 9.17) is 0 Å². The minimum atomic E-state index is -0.0241. The molecule has 1 aliphatic heterocycles. The Morgan fingerprint density at radius 2 is 2.32 bits per heavy atom. The average Bonchev–Trinajstić information content (AvgIpc) is 3.04. The van der Waals surface area contributed by atoms with Crippen LogP contribution in [0.15, 0.2) is 34.4 Å². The van der Waals surface area contributed by atoms with Crippen molar-refractivity contribution in [3.05, 3.63) is 40.0 Å². The molecule has 2 aromatic rings. The predicted octanol–water partition coefficient (Wildman–Crippen LogP) is 2.15. The monoisotopic (exact) mass is 297 g/mol. The van der Waals surface area contributed by atoms with E-state index in [0.717, 1.165) is 23.5 Å². The topological polar surface area (TPSA) is 46.9 Å². The molecule has 0 aromatic carbocycles. The molecule has 6 heteroatoms. The summed E-state index contributed by atoms with van der Waals surface area (Å²) in [7, 11) is 0. The third-order valence-corrected chi connectivity index (χ3v) is 4.09. The molecule has 0 amide bonds. The van der Waals surface area contributed by atoms with Gasteiger partial charge in [-0.3, -0.25) is 4.79 Å². The maximum absolute atomic E-state index is 11.8. The molecular weight excluding hydrogens is 282 g/mol. The highest BCUT2D eigenvalue weighted by molar-refractivity contribution is 7.13. The van der Waals surface area contributed by atoms with Crippen molar-refractivity contribution in [1.82, 2.24) is 15.1 Å². The lowest BCUT2D eigenvalue weighted by Gasteiger charge is -2.11. The van der Waals surface area contributed by atoms with E-state index >= 15 is 0 Å². The Hall–Kier alpha value is -1.17. The molecule has 3 rings (SSSR count). The zero-order valence-electron chi connectivity index (χ0n) is 10.4. The second-order valence-electron chi connectivity index (χ2n) is 4.51. The zero-order valence-corrected chi connectivity index (χ0v) is 12.0. The Labute approximate surface area is 121 Å². The van der Waals surface area contributed by atoms with Crippen LogP contribution in [-0.2, 0) is 6.54 Å². The first-order valence-electron chi connectivity index (χ1n) is 6.18. The van der Waals surface area contributed by atoms with Gasteiger partial charge >= 0.3 is 0 Å². The molecule has 1 atom stereocenters. The van der Waals surface area contributed by atoms with Gasteiger partial charge in [-0.15, -0.1) is 23.7 Å². The Kier molecular flexibility index (Phi) is 4.74. The van der Waals surface area contributed by atoms with Gasteiger partial charge in [-0.05, 0) is 36.9 Å².